The molecule has 7 heteroatoms. The largest absolute Gasteiger partial charge is 0.508 e. The quantitative estimate of drug-likeness (QED) is 0.748. The number of hydrogen-bond acceptors (Lipinski definition) is 4. The standard InChI is InChI=1S/C19H24N2O4S/c1-13(15-6-5-7-16(22)12-15)20-18(23)14-8-10-17(11-9-14)26(24,25)21-19(2,3)4/h5-13,21-22H,1-4H3,(H,20,23). The molecule has 0 spiro atoms. The molecule has 1 amide bonds. The van der Waals surface area contributed by atoms with Gasteiger partial charge < -0.3 is 10.4 Å². The van der Waals surface area contributed by atoms with Gasteiger partial charge in [-0.1, -0.05) is 12.1 Å². The first-order valence-electron chi connectivity index (χ1n) is 8.22. The molecule has 1 atom stereocenters. The molecule has 0 aromatic heterocycles. The molecular weight excluding hydrogens is 352 g/mol. The number of carbonyl (C=O) groups excluding carboxylic acids is 1. The van der Waals surface area contributed by atoms with Crippen LogP contribution in [-0.2, 0) is 10.0 Å². The Balaban J connectivity index is 2.11. The Kier molecular flexibility index (Phi) is 5.73. The smallest absolute Gasteiger partial charge is 0.251 e. The van der Waals surface area contributed by atoms with Crippen molar-refractivity contribution in [3.05, 3.63) is 59.7 Å². The number of sulfonamides is 1. The molecule has 0 radical (unpaired) electrons. The van der Waals surface area contributed by atoms with Gasteiger partial charge >= 0.3 is 0 Å². The summed E-state index contributed by atoms with van der Waals surface area (Å²) in [6, 6.07) is 12.1. The third-order valence-electron chi connectivity index (χ3n) is 3.59. The minimum atomic E-state index is -3.64. The van der Waals surface area contributed by atoms with Gasteiger partial charge in [0.25, 0.3) is 5.91 Å². The van der Waals surface area contributed by atoms with Crippen molar-refractivity contribution in [3.8, 4) is 5.75 Å². The van der Waals surface area contributed by atoms with Gasteiger partial charge in [0, 0.05) is 11.1 Å². The van der Waals surface area contributed by atoms with E-state index in [1.165, 1.54) is 24.3 Å². The minimum absolute atomic E-state index is 0.102. The Morgan fingerprint density at radius 2 is 1.69 bits per heavy atom. The maximum Gasteiger partial charge on any atom is 0.251 e. The van der Waals surface area contributed by atoms with Gasteiger partial charge in [0.1, 0.15) is 5.75 Å². The first-order chi connectivity index (χ1) is 12.0. The molecule has 140 valence electrons. The van der Waals surface area contributed by atoms with Crippen molar-refractivity contribution in [2.24, 2.45) is 0 Å². The molecule has 0 aliphatic heterocycles. The lowest BCUT2D eigenvalue weighted by atomic mass is 10.1. The number of phenolic OH excluding ortho intramolecular Hbond substituents is 1. The average molecular weight is 376 g/mol. The van der Waals surface area contributed by atoms with Crippen molar-refractivity contribution in [1.82, 2.24) is 10.0 Å². The number of phenols is 1. The molecule has 0 saturated heterocycles. The van der Waals surface area contributed by atoms with Gasteiger partial charge in [-0.15, -0.1) is 0 Å². The van der Waals surface area contributed by atoms with Gasteiger partial charge in [-0.2, -0.15) is 0 Å². The van der Waals surface area contributed by atoms with Crippen LogP contribution in [0.15, 0.2) is 53.4 Å². The monoisotopic (exact) mass is 376 g/mol. The number of aromatic hydroxyl groups is 1. The van der Waals surface area contributed by atoms with Crippen LogP contribution in [0.3, 0.4) is 0 Å². The summed E-state index contributed by atoms with van der Waals surface area (Å²) in [4.78, 5) is 12.5. The van der Waals surface area contributed by atoms with E-state index in [4.69, 9.17) is 0 Å². The van der Waals surface area contributed by atoms with E-state index in [1.807, 2.05) is 0 Å². The summed E-state index contributed by atoms with van der Waals surface area (Å²) in [7, 11) is -3.64. The fourth-order valence-electron chi connectivity index (χ4n) is 2.40. The number of nitrogens with one attached hydrogen (secondary N) is 2. The summed E-state index contributed by atoms with van der Waals surface area (Å²) in [5, 5.41) is 12.3. The van der Waals surface area contributed by atoms with E-state index in [1.54, 1.807) is 52.0 Å². The highest BCUT2D eigenvalue weighted by molar-refractivity contribution is 7.89. The number of carbonyl (C=O) groups is 1. The highest BCUT2D eigenvalue weighted by Gasteiger charge is 2.22. The average Bonchev–Trinajstić information content (AvgIpc) is 2.52. The summed E-state index contributed by atoms with van der Waals surface area (Å²) in [6.07, 6.45) is 0. The molecule has 2 aromatic carbocycles. The van der Waals surface area contributed by atoms with Crippen LogP contribution in [0.4, 0.5) is 0 Å². The molecule has 6 nitrogen and oxygen atoms in total. The molecule has 0 saturated carbocycles. The highest BCUT2D eigenvalue weighted by atomic mass is 32.2. The molecule has 26 heavy (non-hydrogen) atoms. The topological polar surface area (TPSA) is 95.5 Å². The Morgan fingerprint density at radius 1 is 1.08 bits per heavy atom. The summed E-state index contributed by atoms with van der Waals surface area (Å²) < 4.78 is 27.1. The SMILES string of the molecule is CC(NC(=O)c1ccc(S(=O)(=O)NC(C)(C)C)cc1)c1cccc(O)c1. The second-order valence-electron chi connectivity index (χ2n) is 7.17. The zero-order valence-corrected chi connectivity index (χ0v) is 16.1. The van der Waals surface area contributed by atoms with Crippen LogP contribution in [0.25, 0.3) is 0 Å². The van der Waals surface area contributed by atoms with Gasteiger partial charge in [-0.05, 0) is 69.7 Å². The third kappa shape index (κ3) is 5.31. The lowest BCUT2D eigenvalue weighted by molar-refractivity contribution is 0.0939. The summed E-state index contributed by atoms with van der Waals surface area (Å²) >= 11 is 0. The first-order valence-corrected chi connectivity index (χ1v) is 9.70. The molecule has 0 aliphatic carbocycles. The Labute approximate surface area is 154 Å². The number of rotatable bonds is 5. The highest BCUT2D eigenvalue weighted by Crippen LogP contribution is 2.19. The van der Waals surface area contributed by atoms with Crippen LogP contribution in [0, 0.1) is 0 Å². The second-order valence-corrected chi connectivity index (χ2v) is 8.85. The lowest BCUT2D eigenvalue weighted by Gasteiger charge is -2.20. The molecular formula is C19H24N2O4S. The first kappa shape index (κ1) is 19.9. The third-order valence-corrected chi connectivity index (χ3v) is 5.36. The maximum absolute atomic E-state index is 12.4. The Hall–Kier alpha value is -2.38. The van der Waals surface area contributed by atoms with Crippen LogP contribution in [0.5, 0.6) is 5.75 Å². The van der Waals surface area contributed by atoms with Crippen molar-refractivity contribution < 1.29 is 18.3 Å². The lowest BCUT2D eigenvalue weighted by Crippen LogP contribution is -2.40. The van der Waals surface area contributed by atoms with Gasteiger partial charge in [0.15, 0.2) is 0 Å². The molecule has 1 unspecified atom stereocenters. The van der Waals surface area contributed by atoms with E-state index in [0.717, 1.165) is 5.56 Å². The predicted octanol–water partition coefficient (Wildman–Crippen LogP) is 2.96. The van der Waals surface area contributed by atoms with Crippen LogP contribution < -0.4 is 10.0 Å². The van der Waals surface area contributed by atoms with Crippen LogP contribution in [0.1, 0.15) is 49.7 Å². The summed E-state index contributed by atoms with van der Waals surface area (Å²) in [5.74, 6) is -0.196. The molecule has 0 bridgehead atoms. The maximum atomic E-state index is 12.4. The van der Waals surface area contributed by atoms with Crippen molar-refractivity contribution in [3.63, 3.8) is 0 Å². The van der Waals surface area contributed by atoms with Crippen LogP contribution in [-0.4, -0.2) is 25.0 Å². The predicted molar refractivity (Wildman–Crippen MR) is 101 cm³/mol. The van der Waals surface area contributed by atoms with Crippen molar-refractivity contribution >= 4 is 15.9 Å². The van der Waals surface area contributed by atoms with Gasteiger partial charge in [0.2, 0.25) is 10.0 Å². The van der Waals surface area contributed by atoms with Gasteiger partial charge in [0.05, 0.1) is 10.9 Å². The van der Waals surface area contributed by atoms with E-state index < -0.39 is 15.6 Å². The number of benzene rings is 2. The van der Waals surface area contributed by atoms with E-state index in [-0.39, 0.29) is 22.6 Å². The van der Waals surface area contributed by atoms with E-state index in [0.29, 0.717) is 5.56 Å². The van der Waals surface area contributed by atoms with Crippen molar-refractivity contribution in [2.75, 3.05) is 0 Å². The second kappa shape index (κ2) is 7.47. The fraction of sp³-hybridized carbons (Fsp3) is 0.316. The number of hydrogen-bond donors (Lipinski definition) is 3. The summed E-state index contributed by atoms with van der Waals surface area (Å²) in [5.41, 5.74) is 0.532. The molecule has 2 rings (SSSR count). The molecule has 3 N–H and O–H groups in total. The van der Waals surface area contributed by atoms with Crippen LogP contribution >= 0.6 is 0 Å². The van der Waals surface area contributed by atoms with Gasteiger partial charge in [-0.25, -0.2) is 13.1 Å². The summed E-state index contributed by atoms with van der Waals surface area (Å²) in [6.45, 7) is 7.08. The molecule has 2 aromatic rings. The number of amides is 1. The zero-order chi connectivity index (χ0) is 19.5. The molecule has 0 fully saturated rings. The fourth-order valence-corrected chi connectivity index (χ4v) is 3.82. The molecule has 0 heterocycles. The van der Waals surface area contributed by atoms with Crippen molar-refractivity contribution in [1.29, 1.82) is 0 Å². The Bertz CT molecular complexity index is 885. The zero-order valence-electron chi connectivity index (χ0n) is 15.3. The van der Waals surface area contributed by atoms with E-state index in [2.05, 4.69) is 10.0 Å². The van der Waals surface area contributed by atoms with Gasteiger partial charge in [-0.3, -0.25) is 4.79 Å². The van der Waals surface area contributed by atoms with E-state index >= 15 is 0 Å². The Morgan fingerprint density at radius 3 is 2.23 bits per heavy atom. The van der Waals surface area contributed by atoms with Crippen LogP contribution in [0.2, 0.25) is 0 Å². The van der Waals surface area contributed by atoms with E-state index in [9.17, 15) is 18.3 Å². The van der Waals surface area contributed by atoms with Crippen molar-refractivity contribution in [2.45, 2.75) is 44.2 Å². The normalized spacial score (nSPS) is 13.2. The minimum Gasteiger partial charge on any atom is -0.508 e. The molecule has 0 aliphatic rings.